The summed E-state index contributed by atoms with van der Waals surface area (Å²) >= 11 is 1.67. The van der Waals surface area contributed by atoms with Gasteiger partial charge in [-0.25, -0.2) is 9.78 Å². The molecular weight excluding hydrogens is 524 g/mol. The van der Waals surface area contributed by atoms with Gasteiger partial charge in [0.15, 0.2) is 11.3 Å². The average molecular weight is 565 g/mol. The second-order valence-electron chi connectivity index (χ2n) is 10.6. The maximum Gasteiger partial charge on any atom is 0.407 e. The van der Waals surface area contributed by atoms with Crippen molar-refractivity contribution in [2.75, 3.05) is 12.4 Å². The lowest BCUT2D eigenvalue weighted by Gasteiger charge is -2.41. The van der Waals surface area contributed by atoms with E-state index in [2.05, 4.69) is 20.2 Å². The van der Waals surface area contributed by atoms with Gasteiger partial charge in [0.1, 0.15) is 0 Å². The molecule has 1 aliphatic rings. The van der Waals surface area contributed by atoms with Crippen molar-refractivity contribution < 1.29 is 19.4 Å². The fourth-order valence-corrected chi connectivity index (χ4v) is 6.11. The van der Waals surface area contributed by atoms with Crippen LogP contribution in [-0.4, -0.2) is 51.2 Å². The Hall–Kier alpha value is -3.30. The normalized spacial score (nSPS) is 16.3. The number of hydrogen-bond donors (Lipinski definition) is 3. The number of ether oxygens (including phenoxy) is 1. The molecule has 0 bridgehead atoms. The van der Waals surface area contributed by atoms with Crippen LogP contribution in [0.1, 0.15) is 64.0 Å². The third-order valence-corrected chi connectivity index (χ3v) is 8.87. The first-order valence-electron chi connectivity index (χ1n) is 14.1. The van der Waals surface area contributed by atoms with E-state index in [9.17, 15) is 14.7 Å². The highest BCUT2D eigenvalue weighted by Gasteiger charge is 2.39. The molecule has 3 aromatic rings. The van der Waals surface area contributed by atoms with Crippen LogP contribution in [0.25, 0.3) is 5.69 Å². The molecule has 1 saturated carbocycles. The largest absolute Gasteiger partial charge is 0.449 e. The van der Waals surface area contributed by atoms with Crippen LogP contribution in [0.15, 0.2) is 78.2 Å². The molecule has 0 aliphatic heterocycles. The second-order valence-corrected chi connectivity index (χ2v) is 11.6. The lowest BCUT2D eigenvalue weighted by molar-refractivity contribution is -0.131. The molecule has 40 heavy (non-hydrogen) atoms. The van der Waals surface area contributed by atoms with Crippen molar-refractivity contribution in [3.05, 3.63) is 78.6 Å². The predicted octanol–water partition coefficient (Wildman–Crippen LogP) is 5.66. The Kier molecular flexibility index (Phi) is 10.7. The first-order valence-corrected chi connectivity index (χ1v) is 15.1. The third kappa shape index (κ3) is 7.88. The van der Waals surface area contributed by atoms with Crippen molar-refractivity contribution in [1.29, 1.82) is 0 Å². The number of nitrogens with one attached hydrogen (secondary N) is 2. The number of rotatable bonds is 14. The number of nitrogens with zero attached hydrogens (tertiary/aromatic N) is 2. The number of unbranched alkanes of at least 4 members (excludes halogenated alkanes) is 1. The van der Waals surface area contributed by atoms with Crippen LogP contribution in [0.3, 0.4) is 0 Å². The molecule has 1 aliphatic carbocycles. The van der Waals surface area contributed by atoms with Gasteiger partial charge in [0.05, 0.1) is 18.7 Å². The number of aromatic nitrogens is 2. The predicted molar refractivity (Wildman–Crippen MR) is 157 cm³/mol. The lowest BCUT2D eigenvalue weighted by Crippen LogP contribution is -2.51. The van der Waals surface area contributed by atoms with Crippen LogP contribution < -0.4 is 10.6 Å². The van der Waals surface area contributed by atoms with E-state index >= 15 is 0 Å². The molecule has 2 aromatic carbocycles. The molecule has 2 amide bonds. The number of amides is 2. The molecular formula is C31H40N4O4S. The molecule has 1 unspecified atom stereocenters. The Balaban J connectivity index is 1.30. The van der Waals surface area contributed by atoms with Crippen LogP contribution >= 0.6 is 11.8 Å². The van der Waals surface area contributed by atoms with Crippen molar-refractivity contribution in [3.8, 4) is 5.69 Å². The first-order chi connectivity index (χ1) is 19.4. The average Bonchev–Trinajstić information content (AvgIpc) is 3.43. The van der Waals surface area contributed by atoms with E-state index in [4.69, 9.17) is 4.74 Å². The number of aliphatic hydroxyl groups excluding tert-OH is 1. The Labute approximate surface area is 240 Å². The van der Waals surface area contributed by atoms with Crippen molar-refractivity contribution >= 4 is 23.8 Å². The Morgan fingerprint density at radius 3 is 2.45 bits per heavy atom. The van der Waals surface area contributed by atoms with E-state index in [1.165, 1.54) is 0 Å². The van der Waals surface area contributed by atoms with Crippen LogP contribution in [0.4, 0.5) is 4.79 Å². The molecule has 1 fully saturated rings. The van der Waals surface area contributed by atoms with E-state index in [1.807, 2.05) is 80.7 Å². The second kappa shape index (κ2) is 14.4. The van der Waals surface area contributed by atoms with E-state index < -0.39 is 24.1 Å². The minimum absolute atomic E-state index is 0.116. The zero-order valence-electron chi connectivity index (χ0n) is 23.3. The highest BCUT2D eigenvalue weighted by atomic mass is 32.2. The third-order valence-electron chi connectivity index (χ3n) is 7.55. The molecule has 0 spiro atoms. The van der Waals surface area contributed by atoms with Gasteiger partial charge in [-0.1, -0.05) is 86.5 Å². The number of benzene rings is 2. The van der Waals surface area contributed by atoms with Gasteiger partial charge in [0.2, 0.25) is 0 Å². The molecule has 3 atom stereocenters. The zero-order valence-corrected chi connectivity index (χ0v) is 24.1. The topological polar surface area (TPSA) is 105 Å². The summed E-state index contributed by atoms with van der Waals surface area (Å²) in [5.74, 6) is 0.268. The minimum Gasteiger partial charge on any atom is -0.449 e. The SMILES string of the molecule is CCCC[C@H](NC(=O)OCC1(CSc2nccn2-c2ccccc2)CCC1)C(O)C(=O)N[C@H](C)c1ccccc1. The molecule has 0 radical (unpaired) electrons. The molecule has 214 valence electrons. The van der Waals surface area contributed by atoms with Gasteiger partial charge >= 0.3 is 6.09 Å². The van der Waals surface area contributed by atoms with E-state index in [1.54, 1.807) is 18.0 Å². The molecule has 1 aromatic heterocycles. The fourth-order valence-electron chi connectivity index (χ4n) is 4.86. The number of carbonyl (C=O) groups excluding carboxylic acids is 2. The molecule has 0 saturated heterocycles. The van der Waals surface area contributed by atoms with Crippen molar-refractivity contribution in [1.82, 2.24) is 20.2 Å². The van der Waals surface area contributed by atoms with E-state index in [0.717, 1.165) is 54.3 Å². The maximum absolute atomic E-state index is 12.8. The number of imidazole rings is 1. The monoisotopic (exact) mass is 564 g/mol. The summed E-state index contributed by atoms with van der Waals surface area (Å²) in [6.07, 6.45) is 6.92. The highest BCUT2D eigenvalue weighted by Crippen LogP contribution is 2.45. The summed E-state index contributed by atoms with van der Waals surface area (Å²) in [7, 11) is 0. The molecule has 3 N–H and O–H groups in total. The number of alkyl carbamates (subject to hydrolysis) is 1. The Morgan fingerprint density at radius 1 is 1.10 bits per heavy atom. The molecule has 9 heteroatoms. The summed E-state index contributed by atoms with van der Waals surface area (Å²) in [5.41, 5.74) is 1.88. The fraction of sp³-hybridized carbons (Fsp3) is 0.452. The number of thioether (sulfide) groups is 1. The van der Waals surface area contributed by atoms with Gasteiger partial charge in [0, 0.05) is 29.2 Å². The van der Waals surface area contributed by atoms with Gasteiger partial charge in [0.25, 0.3) is 5.91 Å². The number of carbonyl (C=O) groups is 2. The van der Waals surface area contributed by atoms with Gasteiger partial charge < -0.3 is 20.5 Å². The standard InChI is InChI=1S/C31H40N4O4S/c1-3-4-16-26(27(36)28(37)33-23(2)24-12-7-5-8-13-24)34-30(38)39-21-31(17-11-18-31)22-40-29-32-19-20-35(29)25-14-9-6-10-15-25/h5-10,12-15,19-20,23,26-27,36H,3-4,11,16-18,21-22H2,1-2H3,(H,33,37)(H,34,38)/t23-,26+,27?/m1/s1. The van der Waals surface area contributed by atoms with Crippen LogP contribution in [0.5, 0.6) is 0 Å². The van der Waals surface area contributed by atoms with Crippen molar-refractivity contribution in [3.63, 3.8) is 0 Å². The van der Waals surface area contributed by atoms with Crippen LogP contribution in [-0.2, 0) is 9.53 Å². The molecule has 8 nitrogen and oxygen atoms in total. The number of hydrogen-bond acceptors (Lipinski definition) is 6. The van der Waals surface area contributed by atoms with Crippen LogP contribution in [0, 0.1) is 5.41 Å². The highest BCUT2D eigenvalue weighted by molar-refractivity contribution is 7.99. The minimum atomic E-state index is -1.38. The Morgan fingerprint density at radius 2 is 1.80 bits per heavy atom. The van der Waals surface area contributed by atoms with E-state index in [0.29, 0.717) is 6.42 Å². The van der Waals surface area contributed by atoms with Gasteiger partial charge in [-0.05, 0) is 43.9 Å². The number of aliphatic hydroxyl groups is 1. The summed E-state index contributed by atoms with van der Waals surface area (Å²) in [4.78, 5) is 30.2. The maximum atomic E-state index is 12.8. The van der Waals surface area contributed by atoms with Crippen molar-refractivity contribution in [2.45, 2.75) is 75.7 Å². The zero-order chi connectivity index (χ0) is 28.4. The van der Waals surface area contributed by atoms with Crippen molar-refractivity contribution in [2.24, 2.45) is 5.41 Å². The smallest absolute Gasteiger partial charge is 0.407 e. The summed E-state index contributed by atoms with van der Waals surface area (Å²) in [6.45, 7) is 4.18. The lowest BCUT2D eigenvalue weighted by atomic mass is 9.71. The molecule has 4 rings (SSSR count). The van der Waals surface area contributed by atoms with Gasteiger partial charge in [-0.3, -0.25) is 9.36 Å². The van der Waals surface area contributed by atoms with Gasteiger partial charge in [-0.2, -0.15) is 0 Å². The van der Waals surface area contributed by atoms with Gasteiger partial charge in [-0.15, -0.1) is 0 Å². The van der Waals surface area contributed by atoms with E-state index in [-0.39, 0.29) is 18.1 Å². The summed E-state index contributed by atoms with van der Waals surface area (Å²) in [5, 5.41) is 17.4. The van der Waals surface area contributed by atoms with Crippen LogP contribution in [0.2, 0.25) is 0 Å². The quantitative estimate of drug-likeness (QED) is 0.218. The summed E-state index contributed by atoms with van der Waals surface area (Å²) < 4.78 is 7.75. The molecule has 1 heterocycles. The summed E-state index contributed by atoms with van der Waals surface area (Å²) in [6, 6.07) is 18.6. The number of para-hydroxylation sites is 1. The first kappa shape index (κ1) is 29.7. The Bertz CT molecular complexity index is 1220.